The van der Waals surface area contributed by atoms with Crippen molar-refractivity contribution < 1.29 is 4.79 Å². The summed E-state index contributed by atoms with van der Waals surface area (Å²) >= 11 is 3.38. The van der Waals surface area contributed by atoms with Crippen LogP contribution in [0.3, 0.4) is 0 Å². The number of likely N-dealkylation sites (tertiary alicyclic amines) is 1. The Bertz CT molecular complexity index is 530. The Hall–Kier alpha value is -1.38. The van der Waals surface area contributed by atoms with E-state index in [1.807, 2.05) is 31.2 Å². The van der Waals surface area contributed by atoms with Crippen molar-refractivity contribution in [3.05, 3.63) is 28.7 Å². The lowest BCUT2D eigenvalue weighted by molar-refractivity contribution is -0.117. The molecule has 1 aromatic rings. The summed E-state index contributed by atoms with van der Waals surface area (Å²) < 4.78 is 0.943. The predicted octanol–water partition coefficient (Wildman–Crippen LogP) is 3.01. The van der Waals surface area contributed by atoms with Gasteiger partial charge in [0.25, 0.3) is 0 Å². The number of nitriles is 1. The smallest absolute Gasteiger partial charge is 0.238 e. The summed E-state index contributed by atoms with van der Waals surface area (Å²) in [7, 11) is 0. The summed E-state index contributed by atoms with van der Waals surface area (Å²) in [5.41, 5.74) is 0.570. The fraction of sp³-hybridized carbons (Fsp3) is 0.467. The molecule has 0 unspecified atom stereocenters. The zero-order valence-electron chi connectivity index (χ0n) is 11.5. The maximum absolute atomic E-state index is 12.0. The van der Waals surface area contributed by atoms with Gasteiger partial charge in [-0.3, -0.25) is 9.69 Å². The molecular formula is C15H18BrN3O. The minimum absolute atomic E-state index is 0.0105. The molecule has 0 atom stereocenters. The molecule has 1 aliphatic heterocycles. The molecule has 1 aromatic carbocycles. The van der Waals surface area contributed by atoms with Crippen molar-refractivity contribution in [3.63, 3.8) is 0 Å². The lowest BCUT2D eigenvalue weighted by Crippen LogP contribution is -2.42. The van der Waals surface area contributed by atoms with Gasteiger partial charge in [0.05, 0.1) is 18.0 Å². The second-order valence-corrected chi connectivity index (χ2v) is 6.42. The number of hydrogen-bond donors (Lipinski definition) is 1. The van der Waals surface area contributed by atoms with E-state index in [1.165, 1.54) is 0 Å². The summed E-state index contributed by atoms with van der Waals surface area (Å²) in [6.07, 6.45) is 1.65. The van der Waals surface area contributed by atoms with Gasteiger partial charge >= 0.3 is 0 Å². The quantitative estimate of drug-likeness (QED) is 0.923. The zero-order chi connectivity index (χ0) is 14.6. The molecule has 2 rings (SSSR count). The van der Waals surface area contributed by atoms with Crippen LogP contribution in [0.15, 0.2) is 28.7 Å². The standard InChI is InChI=1S/C15H18BrN3O/c1-15(11-17)5-7-19(8-6-15)10-14(20)18-13-4-2-3-12(16)9-13/h2-4,9H,5-8,10H2,1H3,(H,18,20). The molecule has 0 aromatic heterocycles. The Labute approximate surface area is 127 Å². The van der Waals surface area contributed by atoms with Crippen LogP contribution in [0.2, 0.25) is 0 Å². The van der Waals surface area contributed by atoms with Crippen LogP contribution in [-0.2, 0) is 4.79 Å². The summed E-state index contributed by atoms with van der Waals surface area (Å²) in [6.45, 7) is 3.98. The highest BCUT2D eigenvalue weighted by atomic mass is 79.9. The van der Waals surface area contributed by atoms with Crippen LogP contribution in [0.5, 0.6) is 0 Å². The van der Waals surface area contributed by atoms with Crippen molar-refractivity contribution in [2.75, 3.05) is 25.0 Å². The summed E-state index contributed by atoms with van der Waals surface area (Å²) in [5, 5.41) is 12.0. The molecule has 20 heavy (non-hydrogen) atoms. The van der Waals surface area contributed by atoms with Gasteiger partial charge in [-0.2, -0.15) is 5.26 Å². The van der Waals surface area contributed by atoms with Crippen LogP contribution in [0.25, 0.3) is 0 Å². The first-order valence-electron chi connectivity index (χ1n) is 6.70. The van der Waals surface area contributed by atoms with Gasteiger partial charge in [-0.1, -0.05) is 22.0 Å². The highest BCUT2D eigenvalue weighted by Crippen LogP contribution is 2.29. The Kier molecular flexibility index (Phi) is 4.79. The van der Waals surface area contributed by atoms with E-state index in [1.54, 1.807) is 0 Å². The van der Waals surface area contributed by atoms with Gasteiger partial charge in [0, 0.05) is 23.2 Å². The summed E-state index contributed by atoms with van der Waals surface area (Å²) in [5.74, 6) is -0.0105. The third-order valence-corrected chi connectivity index (χ3v) is 4.20. The van der Waals surface area contributed by atoms with Gasteiger partial charge in [-0.15, -0.1) is 0 Å². The topological polar surface area (TPSA) is 56.1 Å². The number of anilines is 1. The van der Waals surface area contributed by atoms with E-state index in [9.17, 15) is 4.79 Å². The van der Waals surface area contributed by atoms with Crippen molar-refractivity contribution in [3.8, 4) is 6.07 Å². The molecular weight excluding hydrogens is 318 g/mol. The molecule has 1 fully saturated rings. The van der Waals surface area contributed by atoms with Crippen LogP contribution >= 0.6 is 15.9 Å². The van der Waals surface area contributed by atoms with Crippen molar-refractivity contribution in [2.24, 2.45) is 5.41 Å². The lowest BCUT2D eigenvalue weighted by atomic mass is 9.82. The van der Waals surface area contributed by atoms with Crippen molar-refractivity contribution in [1.29, 1.82) is 5.26 Å². The molecule has 0 spiro atoms. The highest BCUT2D eigenvalue weighted by molar-refractivity contribution is 9.10. The number of piperidine rings is 1. The molecule has 0 aliphatic carbocycles. The number of carbonyl (C=O) groups is 1. The minimum Gasteiger partial charge on any atom is -0.325 e. The van der Waals surface area contributed by atoms with Gasteiger partial charge in [0.15, 0.2) is 0 Å². The number of amides is 1. The average Bonchev–Trinajstić information content (AvgIpc) is 2.42. The average molecular weight is 336 g/mol. The zero-order valence-corrected chi connectivity index (χ0v) is 13.1. The molecule has 1 heterocycles. The Morgan fingerprint density at radius 1 is 1.50 bits per heavy atom. The monoisotopic (exact) mass is 335 g/mol. The molecule has 0 bridgehead atoms. The number of nitrogens with one attached hydrogen (secondary N) is 1. The number of halogens is 1. The maximum atomic E-state index is 12.0. The maximum Gasteiger partial charge on any atom is 0.238 e. The number of rotatable bonds is 3. The number of nitrogens with zero attached hydrogens (tertiary/aromatic N) is 2. The van der Waals surface area contributed by atoms with Crippen molar-refractivity contribution in [1.82, 2.24) is 4.90 Å². The van der Waals surface area contributed by atoms with E-state index in [4.69, 9.17) is 5.26 Å². The van der Waals surface area contributed by atoms with E-state index in [2.05, 4.69) is 32.2 Å². The van der Waals surface area contributed by atoms with Gasteiger partial charge in [0.1, 0.15) is 0 Å². The van der Waals surface area contributed by atoms with E-state index >= 15 is 0 Å². The van der Waals surface area contributed by atoms with E-state index in [0.717, 1.165) is 36.1 Å². The summed E-state index contributed by atoms with van der Waals surface area (Å²) in [4.78, 5) is 14.1. The molecule has 1 amide bonds. The molecule has 1 saturated heterocycles. The highest BCUT2D eigenvalue weighted by Gasteiger charge is 2.30. The Morgan fingerprint density at radius 3 is 2.80 bits per heavy atom. The molecule has 0 radical (unpaired) electrons. The molecule has 0 saturated carbocycles. The van der Waals surface area contributed by atoms with Crippen LogP contribution < -0.4 is 5.32 Å². The second-order valence-electron chi connectivity index (χ2n) is 5.51. The lowest BCUT2D eigenvalue weighted by Gasteiger charge is -2.34. The first-order chi connectivity index (χ1) is 9.50. The van der Waals surface area contributed by atoms with E-state index in [0.29, 0.717) is 6.54 Å². The summed E-state index contributed by atoms with van der Waals surface area (Å²) in [6, 6.07) is 9.92. The fourth-order valence-electron chi connectivity index (χ4n) is 2.29. The van der Waals surface area contributed by atoms with Crippen LogP contribution in [0.4, 0.5) is 5.69 Å². The number of benzene rings is 1. The largest absolute Gasteiger partial charge is 0.325 e. The van der Waals surface area contributed by atoms with Crippen molar-refractivity contribution >= 4 is 27.5 Å². The minimum atomic E-state index is -0.225. The van der Waals surface area contributed by atoms with Gasteiger partial charge < -0.3 is 5.32 Å². The number of carbonyl (C=O) groups excluding carboxylic acids is 1. The van der Waals surface area contributed by atoms with Crippen LogP contribution in [0, 0.1) is 16.7 Å². The number of hydrogen-bond acceptors (Lipinski definition) is 3. The molecule has 4 nitrogen and oxygen atoms in total. The Balaban J connectivity index is 1.83. The van der Waals surface area contributed by atoms with Gasteiger partial charge in [0.2, 0.25) is 5.91 Å². The SMILES string of the molecule is CC1(C#N)CCN(CC(=O)Nc2cccc(Br)c2)CC1. The Morgan fingerprint density at radius 2 is 2.20 bits per heavy atom. The fourth-order valence-corrected chi connectivity index (χ4v) is 2.69. The third-order valence-electron chi connectivity index (χ3n) is 3.71. The first-order valence-corrected chi connectivity index (χ1v) is 7.49. The van der Waals surface area contributed by atoms with Crippen LogP contribution in [0.1, 0.15) is 19.8 Å². The molecule has 1 N–H and O–H groups in total. The van der Waals surface area contributed by atoms with Crippen LogP contribution in [-0.4, -0.2) is 30.4 Å². The predicted molar refractivity (Wildman–Crippen MR) is 82.2 cm³/mol. The third kappa shape index (κ3) is 4.06. The molecule has 1 aliphatic rings. The molecule has 106 valence electrons. The van der Waals surface area contributed by atoms with E-state index in [-0.39, 0.29) is 11.3 Å². The first kappa shape index (κ1) is 15.0. The van der Waals surface area contributed by atoms with Crippen molar-refractivity contribution in [2.45, 2.75) is 19.8 Å². The normalized spacial score (nSPS) is 18.2. The van der Waals surface area contributed by atoms with Gasteiger partial charge in [-0.05, 0) is 38.0 Å². The van der Waals surface area contributed by atoms with Gasteiger partial charge in [-0.25, -0.2) is 0 Å². The molecule has 5 heteroatoms. The second kappa shape index (κ2) is 6.38. The van der Waals surface area contributed by atoms with E-state index < -0.39 is 0 Å².